The van der Waals surface area contributed by atoms with Crippen LogP contribution in [0.2, 0.25) is 0 Å². The van der Waals surface area contributed by atoms with Crippen LogP contribution >= 0.6 is 11.3 Å². The van der Waals surface area contributed by atoms with Crippen LogP contribution < -0.4 is 4.72 Å². The summed E-state index contributed by atoms with van der Waals surface area (Å²) in [5.74, 6) is -0.760. The number of rotatable bonds is 4. The highest BCUT2D eigenvalue weighted by molar-refractivity contribution is 7.89. The SMILES string of the molecule is Cc1nc(C)c(C(C)NS(=O)(=O)c2ccccc2F)s1. The smallest absolute Gasteiger partial charge is 0.244 e. The second-order valence-electron chi connectivity index (χ2n) is 4.46. The molecule has 2 aromatic rings. The van der Waals surface area contributed by atoms with Gasteiger partial charge in [0.25, 0.3) is 0 Å². The van der Waals surface area contributed by atoms with Crippen molar-refractivity contribution in [2.45, 2.75) is 31.7 Å². The molecule has 1 aromatic carbocycles. The lowest BCUT2D eigenvalue weighted by molar-refractivity contribution is 0.547. The fourth-order valence-corrected chi connectivity index (χ4v) is 4.26. The fourth-order valence-electron chi connectivity index (χ4n) is 1.96. The number of nitrogens with zero attached hydrogens (tertiary/aromatic N) is 1. The van der Waals surface area contributed by atoms with Crippen molar-refractivity contribution < 1.29 is 12.8 Å². The largest absolute Gasteiger partial charge is 0.247 e. The number of hydrogen-bond donors (Lipinski definition) is 1. The van der Waals surface area contributed by atoms with Crippen molar-refractivity contribution in [3.05, 3.63) is 45.7 Å². The first-order valence-corrected chi connectivity index (χ1v) is 8.32. The minimum Gasteiger partial charge on any atom is -0.247 e. The molecule has 1 unspecified atom stereocenters. The van der Waals surface area contributed by atoms with Gasteiger partial charge in [-0.25, -0.2) is 22.5 Å². The number of sulfonamides is 1. The van der Waals surface area contributed by atoms with E-state index in [-0.39, 0.29) is 4.90 Å². The maximum Gasteiger partial charge on any atom is 0.244 e. The average molecular weight is 314 g/mol. The summed E-state index contributed by atoms with van der Waals surface area (Å²) in [4.78, 5) is 4.76. The Bertz CT molecular complexity index is 726. The lowest BCUT2D eigenvalue weighted by Gasteiger charge is -2.13. The number of aryl methyl sites for hydroxylation is 2. The van der Waals surface area contributed by atoms with Crippen LogP contribution in [0.25, 0.3) is 0 Å². The van der Waals surface area contributed by atoms with Crippen molar-refractivity contribution in [3.63, 3.8) is 0 Å². The molecule has 0 fully saturated rings. The van der Waals surface area contributed by atoms with Crippen molar-refractivity contribution in [2.75, 3.05) is 0 Å². The predicted molar refractivity (Wildman–Crippen MR) is 76.7 cm³/mol. The van der Waals surface area contributed by atoms with Crippen molar-refractivity contribution in [1.29, 1.82) is 0 Å². The quantitative estimate of drug-likeness (QED) is 0.944. The van der Waals surface area contributed by atoms with Gasteiger partial charge in [0.05, 0.1) is 16.7 Å². The Labute approximate surface area is 121 Å². The summed E-state index contributed by atoms with van der Waals surface area (Å²) >= 11 is 1.43. The Balaban J connectivity index is 2.29. The molecule has 7 heteroatoms. The molecule has 4 nitrogen and oxygen atoms in total. The van der Waals surface area contributed by atoms with Gasteiger partial charge >= 0.3 is 0 Å². The fraction of sp³-hybridized carbons (Fsp3) is 0.308. The summed E-state index contributed by atoms with van der Waals surface area (Å²) in [5, 5.41) is 0.870. The molecule has 2 rings (SSSR count). The molecule has 0 bridgehead atoms. The first-order chi connectivity index (χ1) is 9.31. The molecule has 0 saturated heterocycles. The Morgan fingerprint density at radius 2 is 1.95 bits per heavy atom. The molecule has 0 aliphatic rings. The zero-order chi connectivity index (χ0) is 14.9. The maximum absolute atomic E-state index is 13.6. The monoisotopic (exact) mass is 314 g/mol. The van der Waals surface area contributed by atoms with E-state index in [1.807, 2.05) is 13.8 Å². The van der Waals surface area contributed by atoms with Gasteiger partial charge in [-0.05, 0) is 32.9 Å². The molecule has 0 aliphatic carbocycles. The Morgan fingerprint density at radius 3 is 2.50 bits per heavy atom. The van der Waals surface area contributed by atoms with E-state index >= 15 is 0 Å². The van der Waals surface area contributed by atoms with Crippen LogP contribution in [0.5, 0.6) is 0 Å². The van der Waals surface area contributed by atoms with E-state index < -0.39 is 21.9 Å². The third-order valence-electron chi connectivity index (χ3n) is 2.79. The van der Waals surface area contributed by atoms with Gasteiger partial charge in [0.15, 0.2) is 0 Å². The van der Waals surface area contributed by atoms with Crippen molar-refractivity contribution in [3.8, 4) is 0 Å². The van der Waals surface area contributed by atoms with Gasteiger partial charge in [-0.15, -0.1) is 11.3 Å². The molecule has 0 radical (unpaired) electrons. The summed E-state index contributed by atoms with van der Waals surface area (Å²) in [5.41, 5.74) is 0.788. The lowest BCUT2D eigenvalue weighted by atomic mass is 10.2. The minimum absolute atomic E-state index is 0.342. The van der Waals surface area contributed by atoms with E-state index in [1.54, 1.807) is 6.92 Å². The topological polar surface area (TPSA) is 59.1 Å². The van der Waals surface area contributed by atoms with Crippen LogP contribution in [0.3, 0.4) is 0 Å². The molecule has 0 spiro atoms. The lowest BCUT2D eigenvalue weighted by Crippen LogP contribution is -2.27. The van der Waals surface area contributed by atoms with E-state index in [0.717, 1.165) is 21.6 Å². The number of aromatic nitrogens is 1. The zero-order valence-corrected chi connectivity index (χ0v) is 13.0. The van der Waals surface area contributed by atoms with Gasteiger partial charge in [0, 0.05) is 4.88 Å². The number of hydrogen-bond acceptors (Lipinski definition) is 4. The van der Waals surface area contributed by atoms with E-state index in [9.17, 15) is 12.8 Å². The van der Waals surface area contributed by atoms with E-state index in [2.05, 4.69) is 9.71 Å². The Hall–Kier alpha value is -1.31. The third kappa shape index (κ3) is 3.05. The molecule has 1 heterocycles. The second kappa shape index (κ2) is 5.59. The van der Waals surface area contributed by atoms with E-state index in [0.29, 0.717) is 0 Å². The van der Waals surface area contributed by atoms with E-state index in [4.69, 9.17) is 0 Å². The summed E-state index contributed by atoms with van der Waals surface area (Å²) in [6, 6.07) is 4.86. The van der Waals surface area contributed by atoms with Crippen LogP contribution in [-0.2, 0) is 10.0 Å². The normalized spacial score (nSPS) is 13.4. The minimum atomic E-state index is -3.89. The predicted octanol–water partition coefficient (Wildman–Crippen LogP) is 2.94. The van der Waals surface area contributed by atoms with Gasteiger partial charge < -0.3 is 0 Å². The summed E-state index contributed by atoms with van der Waals surface area (Å²) in [6.45, 7) is 5.41. The van der Waals surface area contributed by atoms with Crippen LogP contribution in [0.15, 0.2) is 29.2 Å². The molecule has 0 amide bonds. The second-order valence-corrected chi connectivity index (χ2v) is 7.37. The summed E-state index contributed by atoms with van der Waals surface area (Å²) in [6.07, 6.45) is 0. The zero-order valence-electron chi connectivity index (χ0n) is 11.3. The molecule has 1 atom stereocenters. The molecule has 0 aliphatic heterocycles. The van der Waals surface area contributed by atoms with Gasteiger partial charge in [-0.1, -0.05) is 12.1 Å². The van der Waals surface area contributed by atoms with Gasteiger partial charge in [0.2, 0.25) is 10.0 Å². The average Bonchev–Trinajstić information content (AvgIpc) is 2.68. The molecular formula is C13H15FN2O2S2. The number of nitrogens with one attached hydrogen (secondary N) is 1. The summed E-state index contributed by atoms with van der Waals surface area (Å²) in [7, 11) is -3.89. The van der Waals surface area contributed by atoms with Crippen molar-refractivity contribution in [2.24, 2.45) is 0 Å². The highest BCUT2D eigenvalue weighted by Crippen LogP contribution is 2.26. The van der Waals surface area contributed by atoms with Gasteiger partial charge in [0.1, 0.15) is 10.7 Å². The molecule has 0 saturated carbocycles. The van der Waals surface area contributed by atoms with Crippen molar-refractivity contribution >= 4 is 21.4 Å². The number of benzene rings is 1. The van der Waals surface area contributed by atoms with Crippen LogP contribution in [-0.4, -0.2) is 13.4 Å². The third-order valence-corrected chi connectivity index (χ3v) is 5.62. The highest BCUT2D eigenvalue weighted by atomic mass is 32.2. The Kier molecular flexibility index (Phi) is 4.22. The molecular weight excluding hydrogens is 299 g/mol. The molecule has 20 heavy (non-hydrogen) atoms. The van der Waals surface area contributed by atoms with Crippen molar-refractivity contribution in [1.82, 2.24) is 9.71 Å². The first-order valence-electron chi connectivity index (χ1n) is 6.02. The van der Waals surface area contributed by atoms with Crippen LogP contribution in [0.1, 0.15) is 28.5 Å². The number of thiazole rings is 1. The van der Waals surface area contributed by atoms with Crippen LogP contribution in [0, 0.1) is 19.7 Å². The molecule has 1 N–H and O–H groups in total. The number of halogens is 1. The summed E-state index contributed by atoms with van der Waals surface area (Å²) < 4.78 is 40.5. The first kappa shape index (κ1) is 15.1. The molecule has 1 aromatic heterocycles. The van der Waals surface area contributed by atoms with Gasteiger partial charge in [-0.2, -0.15) is 0 Å². The maximum atomic E-state index is 13.6. The van der Waals surface area contributed by atoms with E-state index in [1.165, 1.54) is 29.5 Å². The standard InChI is InChI=1S/C13H15FN2O2S2/c1-8-13(19-10(3)15-8)9(2)16-20(17,18)12-7-5-4-6-11(12)14/h4-7,9,16H,1-3H3. The highest BCUT2D eigenvalue weighted by Gasteiger charge is 2.23. The molecule has 108 valence electrons. The van der Waals surface area contributed by atoms with Gasteiger partial charge in [-0.3, -0.25) is 0 Å². The van der Waals surface area contributed by atoms with Crippen LogP contribution in [0.4, 0.5) is 4.39 Å². The Morgan fingerprint density at radius 1 is 1.30 bits per heavy atom.